The van der Waals surface area contributed by atoms with E-state index in [-0.39, 0.29) is 4.90 Å². The van der Waals surface area contributed by atoms with Crippen LogP contribution < -0.4 is 13.8 Å². The van der Waals surface area contributed by atoms with Gasteiger partial charge in [0.2, 0.25) is 0 Å². The van der Waals surface area contributed by atoms with Crippen LogP contribution in [0.4, 0.5) is 5.69 Å². The van der Waals surface area contributed by atoms with Gasteiger partial charge in [-0.2, -0.15) is 0 Å². The summed E-state index contributed by atoms with van der Waals surface area (Å²) in [5.41, 5.74) is 1.71. The van der Waals surface area contributed by atoms with Gasteiger partial charge in [0, 0.05) is 6.07 Å². The number of anilines is 1. The molecular formula is C18H19NO6S. The van der Waals surface area contributed by atoms with Gasteiger partial charge in [0.1, 0.15) is 19.8 Å². The van der Waals surface area contributed by atoms with Crippen LogP contribution in [-0.2, 0) is 14.8 Å². The zero-order valence-electron chi connectivity index (χ0n) is 14.4. The summed E-state index contributed by atoms with van der Waals surface area (Å²) in [4.78, 5) is 11.3. The van der Waals surface area contributed by atoms with Crippen molar-refractivity contribution in [3.8, 4) is 11.5 Å². The minimum atomic E-state index is -4.11. The fraction of sp³-hybridized carbons (Fsp3) is 0.278. The van der Waals surface area contributed by atoms with Gasteiger partial charge in [-0.05, 0) is 37.1 Å². The van der Waals surface area contributed by atoms with Crippen LogP contribution in [-0.4, -0.2) is 39.3 Å². The van der Waals surface area contributed by atoms with Crippen molar-refractivity contribution in [3.63, 3.8) is 0 Å². The van der Waals surface area contributed by atoms with Crippen LogP contribution in [0.5, 0.6) is 11.5 Å². The molecule has 0 radical (unpaired) electrons. The lowest BCUT2D eigenvalue weighted by molar-refractivity contribution is -0.135. The molecule has 138 valence electrons. The number of carboxylic acids is 1. The van der Waals surface area contributed by atoms with E-state index in [4.69, 9.17) is 9.47 Å². The van der Waals surface area contributed by atoms with E-state index in [0.29, 0.717) is 41.5 Å². The molecule has 1 N–H and O–H groups in total. The first-order valence-corrected chi connectivity index (χ1v) is 9.45. The summed E-state index contributed by atoms with van der Waals surface area (Å²) in [6.45, 7) is 3.54. The van der Waals surface area contributed by atoms with Gasteiger partial charge in [-0.25, -0.2) is 8.42 Å². The molecule has 0 spiro atoms. The number of benzene rings is 2. The lowest BCUT2D eigenvalue weighted by Crippen LogP contribution is -2.36. The van der Waals surface area contributed by atoms with Gasteiger partial charge in [0.15, 0.2) is 11.5 Å². The Kier molecular flexibility index (Phi) is 4.78. The number of fused-ring (bicyclic) bond motifs is 1. The number of hydrogen-bond acceptors (Lipinski definition) is 5. The van der Waals surface area contributed by atoms with Crippen molar-refractivity contribution in [1.29, 1.82) is 0 Å². The van der Waals surface area contributed by atoms with E-state index in [9.17, 15) is 18.3 Å². The predicted octanol–water partition coefficient (Wildman–Crippen LogP) is 2.35. The Morgan fingerprint density at radius 1 is 1.08 bits per heavy atom. The summed E-state index contributed by atoms with van der Waals surface area (Å²) in [6.07, 6.45) is 0. The second-order valence-corrected chi connectivity index (χ2v) is 7.81. The third-order valence-electron chi connectivity index (χ3n) is 4.07. The maximum absolute atomic E-state index is 13.2. The van der Waals surface area contributed by atoms with Gasteiger partial charge in [-0.3, -0.25) is 9.10 Å². The summed E-state index contributed by atoms with van der Waals surface area (Å²) in [5.74, 6) is -0.449. The number of sulfonamides is 1. The minimum absolute atomic E-state index is 0.0503. The summed E-state index contributed by atoms with van der Waals surface area (Å²) in [6, 6.07) is 9.57. The average molecular weight is 377 g/mol. The molecule has 1 aliphatic heterocycles. The molecule has 0 aliphatic carbocycles. The van der Waals surface area contributed by atoms with Crippen LogP contribution in [0, 0.1) is 13.8 Å². The quantitative estimate of drug-likeness (QED) is 0.860. The SMILES string of the molecule is Cc1cccc(C)c1N(CC(=O)O)S(=O)(=O)c1ccc2c(c1)OCCO2. The van der Waals surface area contributed by atoms with Crippen molar-refractivity contribution in [2.24, 2.45) is 0 Å². The van der Waals surface area contributed by atoms with Crippen molar-refractivity contribution in [2.75, 3.05) is 24.1 Å². The molecule has 1 heterocycles. The summed E-state index contributed by atoms with van der Waals surface area (Å²) in [7, 11) is -4.11. The number of aliphatic carboxylic acids is 1. The maximum atomic E-state index is 13.2. The number of nitrogens with zero attached hydrogens (tertiary/aromatic N) is 1. The molecule has 2 aromatic rings. The smallest absolute Gasteiger partial charge is 0.324 e. The van der Waals surface area contributed by atoms with Crippen molar-refractivity contribution in [3.05, 3.63) is 47.5 Å². The van der Waals surface area contributed by atoms with Gasteiger partial charge < -0.3 is 14.6 Å². The Morgan fingerprint density at radius 3 is 2.31 bits per heavy atom. The number of carbonyl (C=O) groups is 1. The first-order valence-electron chi connectivity index (χ1n) is 8.01. The molecule has 3 rings (SSSR count). The monoisotopic (exact) mass is 377 g/mol. The number of aryl methyl sites for hydroxylation is 2. The second-order valence-electron chi connectivity index (χ2n) is 5.95. The second kappa shape index (κ2) is 6.87. The number of rotatable bonds is 5. The Bertz CT molecular complexity index is 934. The van der Waals surface area contributed by atoms with E-state index in [1.165, 1.54) is 18.2 Å². The van der Waals surface area contributed by atoms with Crippen LogP contribution >= 0.6 is 0 Å². The van der Waals surface area contributed by atoms with Gasteiger partial charge in [0.05, 0.1) is 10.6 Å². The average Bonchev–Trinajstić information content (AvgIpc) is 2.60. The zero-order chi connectivity index (χ0) is 18.9. The van der Waals surface area contributed by atoms with E-state index >= 15 is 0 Å². The van der Waals surface area contributed by atoms with E-state index in [1.807, 2.05) is 0 Å². The lowest BCUT2D eigenvalue weighted by atomic mass is 10.1. The topological polar surface area (TPSA) is 93.1 Å². The minimum Gasteiger partial charge on any atom is -0.486 e. The molecule has 1 aliphatic rings. The number of carboxylic acid groups (broad SMARTS) is 1. The maximum Gasteiger partial charge on any atom is 0.324 e. The van der Waals surface area contributed by atoms with E-state index < -0.39 is 22.5 Å². The molecule has 0 fully saturated rings. The fourth-order valence-corrected chi connectivity index (χ4v) is 4.48. The normalized spacial score (nSPS) is 13.3. The Morgan fingerprint density at radius 2 is 1.69 bits per heavy atom. The Hall–Kier alpha value is -2.74. The highest BCUT2D eigenvalue weighted by Crippen LogP contribution is 2.35. The molecular weight excluding hydrogens is 358 g/mol. The van der Waals surface area contributed by atoms with Gasteiger partial charge >= 0.3 is 5.97 Å². The highest BCUT2D eigenvalue weighted by Gasteiger charge is 2.30. The third kappa shape index (κ3) is 3.32. The third-order valence-corrected chi connectivity index (χ3v) is 5.81. The highest BCUT2D eigenvalue weighted by atomic mass is 32.2. The molecule has 0 amide bonds. The molecule has 0 saturated heterocycles. The predicted molar refractivity (Wildman–Crippen MR) is 95.5 cm³/mol. The van der Waals surface area contributed by atoms with Gasteiger partial charge in [0.25, 0.3) is 10.0 Å². The zero-order valence-corrected chi connectivity index (χ0v) is 15.2. The van der Waals surface area contributed by atoms with Gasteiger partial charge in [-0.1, -0.05) is 18.2 Å². The van der Waals surface area contributed by atoms with Crippen molar-refractivity contribution in [2.45, 2.75) is 18.7 Å². The Labute approximate surface area is 151 Å². The summed E-state index contributed by atoms with van der Waals surface area (Å²) < 4.78 is 38.2. The van der Waals surface area contributed by atoms with Crippen LogP contribution in [0.1, 0.15) is 11.1 Å². The Balaban J connectivity index is 2.12. The molecule has 0 atom stereocenters. The molecule has 26 heavy (non-hydrogen) atoms. The van der Waals surface area contributed by atoms with Crippen molar-refractivity contribution >= 4 is 21.7 Å². The number of para-hydroxylation sites is 1. The fourth-order valence-electron chi connectivity index (χ4n) is 2.92. The van der Waals surface area contributed by atoms with Crippen LogP contribution in [0.2, 0.25) is 0 Å². The standard InChI is InChI=1S/C18H19NO6S/c1-12-4-3-5-13(2)18(12)19(11-17(20)21)26(22,23)14-6-7-15-16(10-14)25-9-8-24-15/h3-7,10H,8-9,11H2,1-2H3,(H,20,21). The van der Waals surface area contributed by atoms with Crippen LogP contribution in [0.15, 0.2) is 41.3 Å². The van der Waals surface area contributed by atoms with E-state index in [1.54, 1.807) is 32.0 Å². The molecule has 0 aromatic heterocycles. The van der Waals surface area contributed by atoms with E-state index in [2.05, 4.69) is 0 Å². The highest BCUT2D eigenvalue weighted by molar-refractivity contribution is 7.92. The molecule has 0 saturated carbocycles. The molecule has 2 aromatic carbocycles. The van der Waals surface area contributed by atoms with Crippen LogP contribution in [0.3, 0.4) is 0 Å². The van der Waals surface area contributed by atoms with Crippen molar-refractivity contribution in [1.82, 2.24) is 0 Å². The van der Waals surface area contributed by atoms with Gasteiger partial charge in [-0.15, -0.1) is 0 Å². The van der Waals surface area contributed by atoms with E-state index in [0.717, 1.165) is 4.31 Å². The molecule has 0 bridgehead atoms. The molecule has 7 nitrogen and oxygen atoms in total. The first kappa shape index (κ1) is 18.1. The summed E-state index contributed by atoms with van der Waals surface area (Å²) >= 11 is 0. The largest absolute Gasteiger partial charge is 0.486 e. The number of ether oxygens (including phenoxy) is 2. The molecule has 0 unspecified atom stereocenters. The number of hydrogen-bond donors (Lipinski definition) is 1. The summed E-state index contributed by atoms with van der Waals surface area (Å²) in [5, 5.41) is 9.28. The first-order chi connectivity index (χ1) is 12.3. The van der Waals surface area contributed by atoms with Crippen LogP contribution in [0.25, 0.3) is 0 Å². The molecule has 8 heteroatoms. The van der Waals surface area contributed by atoms with Crippen molar-refractivity contribution < 1.29 is 27.8 Å². The lowest BCUT2D eigenvalue weighted by Gasteiger charge is -2.27.